The number of primary amides is 1. The van der Waals surface area contributed by atoms with Crippen molar-refractivity contribution in [3.8, 4) is 11.5 Å². The van der Waals surface area contributed by atoms with Gasteiger partial charge in [-0.25, -0.2) is 0 Å². The van der Waals surface area contributed by atoms with E-state index in [9.17, 15) is 9.90 Å². The lowest BCUT2D eigenvalue weighted by Gasteiger charge is -2.11. The number of ether oxygens (including phenoxy) is 1. The molecule has 0 aromatic heterocycles. The second-order valence-corrected chi connectivity index (χ2v) is 3.05. The van der Waals surface area contributed by atoms with Crippen molar-refractivity contribution in [2.75, 3.05) is 7.11 Å². The van der Waals surface area contributed by atoms with Gasteiger partial charge in [-0.05, 0) is 25.1 Å². The maximum Gasteiger partial charge on any atom is 0.224 e. The van der Waals surface area contributed by atoms with Gasteiger partial charge in [0, 0.05) is 5.56 Å². The van der Waals surface area contributed by atoms with Crippen LogP contribution in [-0.4, -0.2) is 18.1 Å². The van der Waals surface area contributed by atoms with Crippen LogP contribution in [0.15, 0.2) is 18.2 Å². The minimum absolute atomic E-state index is 0.0529. The van der Waals surface area contributed by atoms with Gasteiger partial charge in [-0.1, -0.05) is 0 Å². The molecule has 1 aromatic carbocycles. The first kappa shape index (κ1) is 10.4. The minimum atomic E-state index is -0.523. The molecule has 0 spiro atoms. The van der Waals surface area contributed by atoms with Gasteiger partial charge in [0.2, 0.25) is 5.91 Å². The highest BCUT2D eigenvalue weighted by Gasteiger charge is 2.16. The number of carbonyl (C=O) groups excluding carboxylic acids is 1. The van der Waals surface area contributed by atoms with Crippen molar-refractivity contribution in [3.05, 3.63) is 23.8 Å². The van der Waals surface area contributed by atoms with Gasteiger partial charge in [0.05, 0.1) is 13.0 Å². The fourth-order valence-electron chi connectivity index (χ4n) is 1.16. The molecular formula is C10H13NO3. The summed E-state index contributed by atoms with van der Waals surface area (Å²) in [6.45, 7) is 1.64. The zero-order valence-electron chi connectivity index (χ0n) is 8.15. The molecule has 0 aliphatic rings. The smallest absolute Gasteiger partial charge is 0.224 e. The van der Waals surface area contributed by atoms with Crippen molar-refractivity contribution in [2.45, 2.75) is 12.8 Å². The molecule has 4 nitrogen and oxygen atoms in total. The van der Waals surface area contributed by atoms with Crippen molar-refractivity contribution in [3.63, 3.8) is 0 Å². The quantitative estimate of drug-likeness (QED) is 0.755. The van der Waals surface area contributed by atoms with E-state index >= 15 is 0 Å². The Bertz CT molecular complexity index is 349. The Hall–Kier alpha value is -1.71. The van der Waals surface area contributed by atoms with Crippen molar-refractivity contribution >= 4 is 5.91 Å². The molecule has 1 amide bonds. The van der Waals surface area contributed by atoms with E-state index in [-0.39, 0.29) is 5.75 Å². The van der Waals surface area contributed by atoms with Gasteiger partial charge >= 0.3 is 0 Å². The van der Waals surface area contributed by atoms with Gasteiger partial charge in [0.15, 0.2) is 0 Å². The maximum absolute atomic E-state index is 10.9. The number of carbonyl (C=O) groups is 1. The summed E-state index contributed by atoms with van der Waals surface area (Å²) in [5.41, 5.74) is 5.62. The van der Waals surface area contributed by atoms with E-state index in [0.29, 0.717) is 11.3 Å². The number of amides is 1. The van der Waals surface area contributed by atoms with E-state index < -0.39 is 11.8 Å². The van der Waals surface area contributed by atoms with Crippen LogP contribution in [0.25, 0.3) is 0 Å². The number of hydrogen-bond acceptors (Lipinski definition) is 3. The van der Waals surface area contributed by atoms with Crippen LogP contribution >= 0.6 is 0 Å². The summed E-state index contributed by atoms with van der Waals surface area (Å²) >= 11 is 0. The number of nitrogens with two attached hydrogens (primary N) is 1. The lowest BCUT2D eigenvalue weighted by Crippen LogP contribution is -2.18. The Morgan fingerprint density at radius 2 is 2.21 bits per heavy atom. The van der Waals surface area contributed by atoms with Gasteiger partial charge < -0.3 is 15.6 Å². The van der Waals surface area contributed by atoms with E-state index in [1.54, 1.807) is 19.1 Å². The van der Waals surface area contributed by atoms with Gasteiger partial charge in [-0.2, -0.15) is 0 Å². The monoisotopic (exact) mass is 195 g/mol. The molecule has 76 valence electrons. The number of aromatic hydroxyl groups is 1. The summed E-state index contributed by atoms with van der Waals surface area (Å²) in [6, 6.07) is 4.70. The van der Waals surface area contributed by atoms with Gasteiger partial charge in [-0.15, -0.1) is 0 Å². The lowest BCUT2D eigenvalue weighted by atomic mass is 9.99. The second-order valence-electron chi connectivity index (χ2n) is 3.05. The molecule has 0 bridgehead atoms. The van der Waals surface area contributed by atoms with Crippen LogP contribution < -0.4 is 10.5 Å². The normalized spacial score (nSPS) is 12.1. The first-order valence-corrected chi connectivity index (χ1v) is 4.22. The largest absolute Gasteiger partial charge is 0.508 e. The van der Waals surface area contributed by atoms with Crippen LogP contribution in [0.4, 0.5) is 0 Å². The fourth-order valence-corrected chi connectivity index (χ4v) is 1.16. The van der Waals surface area contributed by atoms with Crippen LogP contribution in [0, 0.1) is 0 Å². The third-order valence-corrected chi connectivity index (χ3v) is 2.13. The summed E-state index contributed by atoms with van der Waals surface area (Å²) < 4.78 is 4.98. The fraction of sp³-hybridized carbons (Fsp3) is 0.300. The molecular weight excluding hydrogens is 182 g/mol. The van der Waals surface area contributed by atoms with Crippen molar-refractivity contribution in [1.29, 1.82) is 0 Å². The SMILES string of the molecule is COc1ccc(O)c(C(C)C(N)=O)c1. The van der Waals surface area contributed by atoms with Crippen LogP contribution in [0.2, 0.25) is 0 Å². The predicted octanol–water partition coefficient (Wildman–Crippen LogP) is 0.990. The van der Waals surface area contributed by atoms with Gasteiger partial charge in [-0.3, -0.25) is 4.79 Å². The van der Waals surface area contributed by atoms with Crippen LogP contribution in [0.5, 0.6) is 11.5 Å². The summed E-state index contributed by atoms with van der Waals surface area (Å²) in [6.07, 6.45) is 0. The van der Waals surface area contributed by atoms with Crippen molar-refractivity contribution in [1.82, 2.24) is 0 Å². The van der Waals surface area contributed by atoms with Gasteiger partial charge in [0.25, 0.3) is 0 Å². The third-order valence-electron chi connectivity index (χ3n) is 2.13. The van der Waals surface area contributed by atoms with Crippen LogP contribution in [0.3, 0.4) is 0 Å². The molecule has 14 heavy (non-hydrogen) atoms. The molecule has 3 N–H and O–H groups in total. The van der Waals surface area contributed by atoms with Crippen molar-refractivity contribution < 1.29 is 14.6 Å². The van der Waals surface area contributed by atoms with E-state index in [0.717, 1.165) is 0 Å². The number of hydrogen-bond donors (Lipinski definition) is 2. The molecule has 0 aliphatic carbocycles. The minimum Gasteiger partial charge on any atom is -0.508 e. The first-order valence-electron chi connectivity index (χ1n) is 4.22. The molecule has 1 atom stereocenters. The highest BCUT2D eigenvalue weighted by molar-refractivity contribution is 5.82. The predicted molar refractivity (Wildman–Crippen MR) is 52.3 cm³/mol. The lowest BCUT2D eigenvalue weighted by molar-refractivity contribution is -0.119. The highest BCUT2D eigenvalue weighted by Crippen LogP contribution is 2.29. The molecule has 0 fully saturated rings. The topological polar surface area (TPSA) is 72.6 Å². The summed E-state index contributed by atoms with van der Waals surface area (Å²) in [5.74, 6) is -0.360. The van der Waals surface area contributed by atoms with Gasteiger partial charge in [0.1, 0.15) is 11.5 Å². The number of phenolic OH excluding ortho intramolecular Hbond substituents is 1. The number of benzene rings is 1. The summed E-state index contributed by atoms with van der Waals surface area (Å²) in [7, 11) is 1.52. The standard InChI is InChI=1S/C10H13NO3/c1-6(10(11)13)8-5-7(14-2)3-4-9(8)12/h3-6,12H,1-2H3,(H2,11,13). The third kappa shape index (κ3) is 1.96. The number of rotatable bonds is 3. The molecule has 0 radical (unpaired) electrons. The zero-order valence-corrected chi connectivity index (χ0v) is 8.15. The average Bonchev–Trinajstić information content (AvgIpc) is 2.17. The average molecular weight is 195 g/mol. The molecule has 0 saturated heterocycles. The molecule has 1 aromatic rings. The second kappa shape index (κ2) is 4.00. The zero-order chi connectivity index (χ0) is 10.7. The summed E-state index contributed by atoms with van der Waals surface area (Å²) in [4.78, 5) is 10.9. The molecule has 0 saturated carbocycles. The van der Waals surface area contributed by atoms with E-state index in [1.807, 2.05) is 0 Å². The van der Waals surface area contributed by atoms with E-state index in [2.05, 4.69) is 0 Å². The molecule has 1 rings (SSSR count). The molecule has 1 unspecified atom stereocenters. The molecule has 4 heteroatoms. The maximum atomic E-state index is 10.9. The van der Waals surface area contributed by atoms with Crippen LogP contribution in [0.1, 0.15) is 18.4 Å². The highest BCUT2D eigenvalue weighted by atomic mass is 16.5. The number of phenols is 1. The number of methoxy groups -OCH3 is 1. The van der Waals surface area contributed by atoms with Crippen LogP contribution in [-0.2, 0) is 4.79 Å². The Balaban J connectivity index is 3.11. The Labute approximate surface area is 82.3 Å². The van der Waals surface area contributed by atoms with Crippen molar-refractivity contribution in [2.24, 2.45) is 5.73 Å². The van der Waals surface area contributed by atoms with E-state index in [1.165, 1.54) is 13.2 Å². The first-order chi connectivity index (χ1) is 6.56. The molecule has 0 aliphatic heterocycles. The molecule has 0 heterocycles. The summed E-state index contributed by atoms with van der Waals surface area (Å²) in [5, 5.41) is 9.49. The Morgan fingerprint density at radius 1 is 1.57 bits per heavy atom. The Kier molecular flexibility index (Phi) is 2.96. The Morgan fingerprint density at radius 3 is 2.71 bits per heavy atom. The van der Waals surface area contributed by atoms with E-state index in [4.69, 9.17) is 10.5 Å².